The molecule has 1 saturated carbocycles. The Bertz CT molecular complexity index is 611. The molecule has 1 nitrogen and oxygen atoms in total. The third kappa shape index (κ3) is 2.75. The first kappa shape index (κ1) is 14.3. The highest BCUT2D eigenvalue weighted by Gasteiger charge is 2.49. The minimum absolute atomic E-state index is 0.339. The van der Waals surface area contributed by atoms with Crippen LogP contribution >= 0.6 is 0 Å². The summed E-state index contributed by atoms with van der Waals surface area (Å²) in [4.78, 5) is 0. The first-order chi connectivity index (χ1) is 10.2. The number of benzene rings is 2. The summed E-state index contributed by atoms with van der Waals surface area (Å²) in [7, 11) is 2.11. The van der Waals surface area contributed by atoms with Gasteiger partial charge in [0, 0.05) is 11.5 Å². The monoisotopic (exact) mass is 279 g/mol. The van der Waals surface area contributed by atoms with Crippen LogP contribution in [0.25, 0.3) is 0 Å². The second-order valence-corrected chi connectivity index (χ2v) is 6.50. The molecule has 1 unspecified atom stereocenters. The van der Waals surface area contributed by atoms with Crippen LogP contribution in [0.5, 0.6) is 0 Å². The zero-order valence-electron chi connectivity index (χ0n) is 13.3. The lowest BCUT2D eigenvalue weighted by atomic mass is 9.83. The molecule has 1 heteroatoms. The average Bonchev–Trinajstić information content (AvgIpc) is 3.31. The molecule has 2 aromatic rings. The van der Waals surface area contributed by atoms with E-state index < -0.39 is 0 Å². The summed E-state index contributed by atoms with van der Waals surface area (Å²) in [5.41, 5.74) is 6.08. The largest absolute Gasteiger partial charge is 0.316 e. The molecule has 1 aliphatic carbocycles. The lowest BCUT2D eigenvalue weighted by Gasteiger charge is -2.28. The highest BCUT2D eigenvalue weighted by atomic mass is 14.9. The molecule has 3 rings (SSSR count). The van der Waals surface area contributed by atoms with Crippen molar-refractivity contribution in [3.8, 4) is 0 Å². The van der Waals surface area contributed by atoms with Crippen molar-refractivity contribution < 1.29 is 0 Å². The topological polar surface area (TPSA) is 12.0 Å². The molecule has 0 bridgehead atoms. The zero-order valence-corrected chi connectivity index (χ0v) is 13.3. The van der Waals surface area contributed by atoms with Crippen LogP contribution in [-0.2, 0) is 11.8 Å². The van der Waals surface area contributed by atoms with Gasteiger partial charge in [-0.05, 0) is 56.8 Å². The molecule has 1 fully saturated rings. The normalized spacial score (nSPS) is 17.5. The fourth-order valence-corrected chi connectivity index (χ4v) is 3.56. The van der Waals surface area contributed by atoms with Crippen molar-refractivity contribution in [1.82, 2.24) is 5.32 Å². The molecule has 0 spiro atoms. The molecule has 21 heavy (non-hydrogen) atoms. The third-order valence-corrected chi connectivity index (χ3v) is 5.08. The van der Waals surface area contributed by atoms with Gasteiger partial charge in [-0.15, -0.1) is 0 Å². The molecule has 1 atom stereocenters. The number of hydrogen-bond acceptors (Lipinski definition) is 1. The van der Waals surface area contributed by atoms with Gasteiger partial charge in [-0.2, -0.15) is 0 Å². The van der Waals surface area contributed by atoms with Crippen LogP contribution in [0.3, 0.4) is 0 Å². The Kier molecular flexibility index (Phi) is 3.86. The van der Waals surface area contributed by atoms with E-state index in [2.05, 4.69) is 74.7 Å². The molecule has 1 aliphatic rings. The van der Waals surface area contributed by atoms with Crippen molar-refractivity contribution in [3.63, 3.8) is 0 Å². The Hall–Kier alpha value is -1.60. The van der Waals surface area contributed by atoms with E-state index in [4.69, 9.17) is 0 Å². The molecule has 0 amide bonds. The van der Waals surface area contributed by atoms with Gasteiger partial charge >= 0.3 is 0 Å². The molecule has 0 heterocycles. The van der Waals surface area contributed by atoms with Gasteiger partial charge in [0.2, 0.25) is 0 Å². The SMILES string of the molecule is CNC(Cc1cc(C)ccc1C)C1(c2ccccc2)CC1. The molecule has 110 valence electrons. The van der Waals surface area contributed by atoms with E-state index in [-0.39, 0.29) is 0 Å². The highest BCUT2D eigenvalue weighted by molar-refractivity contribution is 5.37. The smallest absolute Gasteiger partial charge is 0.0201 e. The van der Waals surface area contributed by atoms with E-state index in [0.29, 0.717) is 11.5 Å². The summed E-state index contributed by atoms with van der Waals surface area (Å²) in [6.45, 7) is 4.41. The van der Waals surface area contributed by atoms with Crippen molar-refractivity contribution in [2.45, 2.75) is 44.6 Å². The van der Waals surface area contributed by atoms with Crippen molar-refractivity contribution in [2.24, 2.45) is 0 Å². The second-order valence-electron chi connectivity index (χ2n) is 6.50. The lowest BCUT2D eigenvalue weighted by molar-refractivity contribution is 0.442. The van der Waals surface area contributed by atoms with Crippen LogP contribution in [0.4, 0.5) is 0 Å². The molecular formula is C20H25N. The van der Waals surface area contributed by atoms with Gasteiger partial charge in [0.1, 0.15) is 0 Å². The molecule has 0 radical (unpaired) electrons. The minimum Gasteiger partial charge on any atom is -0.316 e. The van der Waals surface area contributed by atoms with E-state index >= 15 is 0 Å². The number of hydrogen-bond donors (Lipinski definition) is 1. The predicted octanol–water partition coefficient (Wildman–Crippen LogP) is 4.17. The summed E-state index contributed by atoms with van der Waals surface area (Å²) < 4.78 is 0. The average molecular weight is 279 g/mol. The first-order valence-electron chi connectivity index (χ1n) is 7.94. The molecule has 0 aliphatic heterocycles. The fourth-order valence-electron chi connectivity index (χ4n) is 3.56. The minimum atomic E-state index is 0.339. The van der Waals surface area contributed by atoms with Crippen molar-refractivity contribution in [3.05, 3.63) is 70.8 Å². The lowest BCUT2D eigenvalue weighted by Crippen LogP contribution is -2.39. The maximum atomic E-state index is 3.60. The number of rotatable bonds is 5. The van der Waals surface area contributed by atoms with Gasteiger partial charge in [-0.1, -0.05) is 54.1 Å². The Morgan fingerprint density at radius 2 is 1.76 bits per heavy atom. The Morgan fingerprint density at radius 3 is 2.38 bits per heavy atom. The summed E-state index contributed by atoms with van der Waals surface area (Å²) >= 11 is 0. The van der Waals surface area contributed by atoms with Crippen LogP contribution < -0.4 is 5.32 Å². The summed E-state index contributed by atoms with van der Waals surface area (Å²) in [6.07, 6.45) is 3.71. The standard InChI is InChI=1S/C20H25N/c1-15-9-10-16(2)17(13-15)14-19(21-3)20(11-12-20)18-7-5-4-6-8-18/h4-10,13,19,21H,11-12,14H2,1-3H3. The van der Waals surface area contributed by atoms with Crippen LogP contribution in [-0.4, -0.2) is 13.1 Å². The van der Waals surface area contributed by atoms with Crippen molar-refractivity contribution in [2.75, 3.05) is 7.05 Å². The van der Waals surface area contributed by atoms with Crippen LogP contribution in [0.15, 0.2) is 48.5 Å². The summed E-state index contributed by atoms with van der Waals surface area (Å²) in [5, 5.41) is 3.60. The fraction of sp³-hybridized carbons (Fsp3) is 0.400. The predicted molar refractivity (Wildman–Crippen MR) is 89.8 cm³/mol. The van der Waals surface area contributed by atoms with Gasteiger partial charge in [0.05, 0.1) is 0 Å². The van der Waals surface area contributed by atoms with E-state index in [1.54, 1.807) is 0 Å². The molecule has 2 aromatic carbocycles. The van der Waals surface area contributed by atoms with E-state index in [9.17, 15) is 0 Å². The van der Waals surface area contributed by atoms with Crippen molar-refractivity contribution >= 4 is 0 Å². The van der Waals surface area contributed by atoms with Crippen molar-refractivity contribution in [1.29, 1.82) is 0 Å². The Morgan fingerprint density at radius 1 is 1.05 bits per heavy atom. The second kappa shape index (κ2) is 5.65. The van der Waals surface area contributed by atoms with E-state index in [1.807, 2.05) is 0 Å². The van der Waals surface area contributed by atoms with Gasteiger partial charge in [0.15, 0.2) is 0 Å². The Balaban J connectivity index is 1.88. The maximum Gasteiger partial charge on any atom is 0.0201 e. The molecule has 0 aromatic heterocycles. The van der Waals surface area contributed by atoms with E-state index in [0.717, 1.165) is 6.42 Å². The van der Waals surface area contributed by atoms with Gasteiger partial charge in [0.25, 0.3) is 0 Å². The molecular weight excluding hydrogens is 254 g/mol. The van der Waals surface area contributed by atoms with Gasteiger partial charge < -0.3 is 5.32 Å². The van der Waals surface area contributed by atoms with E-state index in [1.165, 1.54) is 35.1 Å². The summed E-state index contributed by atoms with van der Waals surface area (Å²) in [6, 6.07) is 18.3. The molecule has 0 saturated heterocycles. The third-order valence-electron chi connectivity index (χ3n) is 5.08. The number of likely N-dealkylation sites (N-methyl/N-ethyl adjacent to an activating group) is 1. The first-order valence-corrected chi connectivity index (χ1v) is 7.94. The highest BCUT2D eigenvalue weighted by Crippen LogP contribution is 2.51. The number of aryl methyl sites for hydroxylation is 2. The zero-order chi connectivity index (χ0) is 14.9. The van der Waals surface area contributed by atoms with Gasteiger partial charge in [-0.25, -0.2) is 0 Å². The van der Waals surface area contributed by atoms with Crippen LogP contribution in [0.1, 0.15) is 35.1 Å². The van der Waals surface area contributed by atoms with Crippen LogP contribution in [0, 0.1) is 13.8 Å². The van der Waals surface area contributed by atoms with Gasteiger partial charge in [-0.3, -0.25) is 0 Å². The molecule has 1 N–H and O–H groups in total. The quantitative estimate of drug-likeness (QED) is 0.866. The summed E-state index contributed by atoms with van der Waals surface area (Å²) in [5.74, 6) is 0. The number of nitrogens with one attached hydrogen (secondary N) is 1. The van der Waals surface area contributed by atoms with Crippen LogP contribution in [0.2, 0.25) is 0 Å². The Labute approximate surface area is 128 Å². The maximum absolute atomic E-state index is 3.60.